The van der Waals surface area contributed by atoms with Crippen LogP contribution in [0.15, 0.2) is 24.3 Å². The maximum absolute atomic E-state index is 5.16. The minimum atomic E-state index is 0.716. The number of halogens is 1. The summed E-state index contributed by atoms with van der Waals surface area (Å²) in [7, 11) is 1.75. The highest BCUT2D eigenvalue weighted by atomic mass is 79.9. The lowest BCUT2D eigenvalue weighted by Gasteiger charge is -2.11. The third-order valence-corrected chi connectivity index (χ3v) is 3.93. The fourth-order valence-electron chi connectivity index (χ4n) is 2.33. The summed E-state index contributed by atoms with van der Waals surface area (Å²) >= 11 is 3.70. The molecule has 0 aliphatic heterocycles. The molecule has 1 nitrogen and oxygen atoms in total. The third-order valence-electron chi connectivity index (χ3n) is 3.10. The normalized spacial score (nSPS) is 25.7. The van der Waals surface area contributed by atoms with E-state index in [0.717, 1.165) is 12.5 Å². The van der Waals surface area contributed by atoms with E-state index < -0.39 is 0 Å². The molecule has 0 bridgehead atoms. The number of methoxy groups -OCH3 is 1. The maximum atomic E-state index is 5.16. The summed E-state index contributed by atoms with van der Waals surface area (Å²) in [5.41, 5.74) is 2.76. The minimum absolute atomic E-state index is 0.716. The number of alkyl halides is 1. The Morgan fingerprint density at radius 3 is 2.93 bits per heavy atom. The predicted octanol–water partition coefficient (Wildman–Crippen LogP) is 3.86. The van der Waals surface area contributed by atoms with Crippen LogP contribution in [0, 0.1) is 0 Å². The van der Waals surface area contributed by atoms with Crippen molar-refractivity contribution < 1.29 is 4.74 Å². The van der Waals surface area contributed by atoms with E-state index in [1.165, 1.54) is 30.4 Å². The Balaban J connectivity index is 2.10. The number of rotatable bonds is 3. The molecule has 0 N–H and O–H groups in total. The summed E-state index contributed by atoms with van der Waals surface area (Å²) in [4.78, 5) is 0.716. The van der Waals surface area contributed by atoms with Gasteiger partial charge in [0, 0.05) is 11.9 Å². The topological polar surface area (TPSA) is 9.23 Å². The standard InChI is InChI=1S/C13H17BrO/c1-15-9-10-3-2-4-11(7-10)12-5-6-13(14)8-12/h2-4,7,12-13H,5-6,8-9H2,1H3. The van der Waals surface area contributed by atoms with Gasteiger partial charge in [0.25, 0.3) is 0 Å². The van der Waals surface area contributed by atoms with E-state index >= 15 is 0 Å². The maximum Gasteiger partial charge on any atom is 0.0713 e. The molecule has 1 saturated carbocycles. The zero-order chi connectivity index (χ0) is 10.7. The van der Waals surface area contributed by atoms with Crippen molar-refractivity contribution in [3.05, 3.63) is 35.4 Å². The van der Waals surface area contributed by atoms with Crippen LogP contribution in [-0.2, 0) is 11.3 Å². The van der Waals surface area contributed by atoms with Crippen molar-refractivity contribution in [3.8, 4) is 0 Å². The van der Waals surface area contributed by atoms with E-state index in [4.69, 9.17) is 4.74 Å². The van der Waals surface area contributed by atoms with Crippen molar-refractivity contribution in [2.24, 2.45) is 0 Å². The molecule has 0 radical (unpaired) electrons. The Hall–Kier alpha value is -0.340. The molecular formula is C13H17BrO. The lowest BCUT2D eigenvalue weighted by Crippen LogP contribution is -1.96. The van der Waals surface area contributed by atoms with Crippen LogP contribution in [0.25, 0.3) is 0 Å². The van der Waals surface area contributed by atoms with Crippen molar-refractivity contribution in [2.75, 3.05) is 7.11 Å². The number of hydrogen-bond donors (Lipinski definition) is 0. The molecule has 0 aromatic heterocycles. The molecule has 1 aromatic carbocycles. The second-order valence-corrected chi connectivity index (χ2v) is 5.58. The summed E-state index contributed by atoms with van der Waals surface area (Å²) in [6.45, 7) is 0.721. The van der Waals surface area contributed by atoms with Gasteiger partial charge in [0.15, 0.2) is 0 Å². The molecule has 1 aliphatic carbocycles. The van der Waals surface area contributed by atoms with Gasteiger partial charge in [0.05, 0.1) is 6.61 Å². The summed E-state index contributed by atoms with van der Waals surface area (Å²) < 4.78 is 5.16. The molecule has 15 heavy (non-hydrogen) atoms. The van der Waals surface area contributed by atoms with E-state index in [2.05, 4.69) is 40.2 Å². The van der Waals surface area contributed by atoms with Crippen LogP contribution in [0.5, 0.6) is 0 Å². The molecule has 2 atom stereocenters. The van der Waals surface area contributed by atoms with Gasteiger partial charge >= 0.3 is 0 Å². The quantitative estimate of drug-likeness (QED) is 0.757. The zero-order valence-corrected chi connectivity index (χ0v) is 10.7. The predicted molar refractivity (Wildman–Crippen MR) is 66.5 cm³/mol. The van der Waals surface area contributed by atoms with E-state index in [1.807, 2.05) is 0 Å². The van der Waals surface area contributed by atoms with Gasteiger partial charge in [-0.25, -0.2) is 0 Å². The first kappa shape index (κ1) is 11.2. The van der Waals surface area contributed by atoms with Crippen LogP contribution in [0.3, 0.4) is 0 Å². The van der Waals surface area contributed by atoms with Crippen LogP contribution < -0.4 is 0 Å². The van der Waals surface area contributed by atoms with Crippen LogP contribution in [0.4, 0.5) is 0 Å². The van der Waals surface area contributed by atoms with E-state index in [1.54, 1.807) is 7.11 Å². The lowest BCUT2D eigenvalue weighted by atomic mass is 9.96. The molecule has 2 heteroatoms. The van der Waals surface area contributed by atoms with Gasteiger partial charge < -0.3 is 4.74 Å². The molecule has 1 aromatic rings. The van der Waals surface area contributed by atoms with Gasteiger partial charge in [0.1, 0.15) is 0 Å². The molecule has 0 spiro atoms. The average Bonchev–Trinajstić information content (AvgIpc) is 2.66. The van der Waals surface area contributed by atoms with Crippen LogP contribution in [0.1, 0.15) is 36.3 Å². The number of benzene rings is 1. The highest BCUT2D eigenvalue weighted by Gasteiger charge is 2.23. The van der Waals surface area contributed by atoms with Crippen LogP contribution in [0.2, 0.25) is 0 Å². The Kier molecular flexibility index (Phi) is 3.81. The molecule has 1 fully saturated rings. The number of hydrogen-bond acceptors (Lipinski definition) is 1. The van der Waals surface area contributed by atoms with E-state index in [0.29, 0.717) is 4.83 Å². The lowest BCUT2D eigenvalue weighted by molar-refractivity contribution is 0.185. The largest absolute Gasteiger partial charge is 0.380 e. The van der Waals surface area contributed by atoms with Gasteiger partial charge in [0.2, 0.25) is 0 Å². The number of ether oxygens (including phenoxy) is 1. The van der Waals surface area contributed by atoms with Gasteiger partial charge in [-0.3, -0.25) is 0 Å². The van der Waals surface area contributed by atoms with Crippen LogP contribution in [-0.4, -0.2) is 11.9 Å². The first-order valence-corrected chi connectivity index (χ1v) is 6.43. The smallest absolute Gasteiger partial charge is 0.0713 e. The minimum Gasteiger partial charge on any atom is -0.380 e. The fourth-order valence-corrected chi connectivity index (χ4v) is 3.05. The molecule has 82 valence electrons. The Labute approximate surface area is 100.0 Å². The fraction of sp³-hybridized carbons (Fsp3) is 0.538. The highest BCUT2D eigenvalue weighted by Crippen LogP contribution is 2.38. The van der Waals surface area contributed by atoms with Gasteiger partial charge in [-0.15, -0.1) is 0 Å². The average molecular weight is 269 g/mol. The molecule has 2 rings (SSSR count). The molecule has 0 amide bonds. The zero-order valence-electron chi connectivity index (χ0n) is 9.08. The molecule has 1 aliphatic rings. The van der Waals surface area contributed by atoms with Crippen molar-refractivity contribution >= 4 is 15.9 Å². The summed E-state index contributed by atoms with van der Waals surface area (Å²) in [5, 5.41) is 0. The Morgan fingerprint density at radius 1 is 1.40 bits per heavy atom. The SMILES string of the molecule is COCc1cccc(C2CCC(Br)C2)c1. The Bertz CT molecular complexity index is 324. The first-order valence-electron chi connectivity index (χ1n) is 5.51. The van der Waals surface area contributed by atoms with Gasteiger partial charge in [-0.1, -0.05) is 40.2 Å². The molecule has 0 saturated heterocycles. The van der Waals surface area contributed by atoms with E-state index in [9.17, 15) is 0 Å². The molecule has 0 heterocycles. The second kappa shape index (κ2) is 5.13. The van der Waals surface area contributed by atoms with Crippen molar-refractivity contribution in [1.82, 2.24) is 0 Å². The third kappa shape index (κ3) is 2.82. The monoisotopic (exact) mass is 268 g/mol. The summed E-state index contributed by atoms with van der Waals surface area (Å²) in [6.07, 6.45) is 3.89. The van der Waals surface area contributed by atoms with Crippen molar-refractivity contribution in [1.29, 1.82) is 0 Å². The van der Waals surface area contributed by atoms with E-state index in [-0.39, 0.29) is 0 Å². The van der Waals surface area contributed by atoms with Gasteiger partial charge in [-0.05, 0) is 36.3 Å². The second-order valence-electron chi connectivity index (χ2n) is 4.29. The summed E-state index contributed by atoms with van der Waals surface area (Å²) in [5.74, 6) is 0.742. The molecular weight excluding hydrogens is 252 g/mol. The summed E-state index contributed by atoms with van der Waals surface area (Å²) in [6, 6.07) is 8.81. The van der Waals surface area contributed by atoms with Crippen molar-refractivity contribution in [2.45, 2.75) is 36.6 Å². The van der Waals surface area contributed by atoms with Crippen molar-refractivity contribution in [3.63, 3.8) is 0 Å². The van der Waals surface area contributed by atoms with Gasteiger partial charge in [-0.2, -0.15) is 0 Å². The first-order chi connectivity index (χ1) is 7.29. The molecule has 2 unspecified atom stereocenters. The van der Waals surface area contributed by atoms with Crippen LogP contribution >= 0.6 is 15.9 Å². The highest BCUT2D eigenvalue weighted by molar-refractivity contribution is 9.09. The Morgan fingerprint density at radius 2 is 2.27 bits per heavy atom.